The highest BCUT2D eigenvalue weighted by Gasteiger charge is 2.36. The predicted octanol–water partition coefficient (Wildman–Crippen LogP) is 1.14. The van der Waals surface area contributed by atoms with Crippen molar-refractivity contribution >= 4 is 5.97 Å². The van der Waals surface area contributed by atoms with Crippen molar-refractivity contribution in [2.24, 2.45) is 5.41 Å². The van der Waals surface area contributed by atoms with E-state index in [9.17, 15) is 4.79 Å². The fourth-order valence-electron chi connectivity index (χ4n) is 1.08. The van der Waals surface area contributed by atoms with Gasteiger partial charge in [0.25, 0.3) is 0 Å². The van der Waals surface area contributed by atoms with Crippen LogP contribution in [-0.4, -0.2) is 38.1 Å². The van der Waals surface area contributed by atoms with Crippen molar-refractivity contribution in [3.05, 3.63) is 0 Å². The molecule has 72 valence electrons. The zero-order valence-electron chi connectivity index (χ0n) is 8.84. The van der Waals surface area contributed by atoms with Crippen molar-refractivity contribution in [3.63, 3.8) is 0 Å². The van der Waals surface area contributed by atoms with E-state index in [4.69, 9.17) is 4.74 Å². The van der Waals surface area contributed by atoms with E-state index in [1.54, 1.807) is 0 Å². The first-order valence-electron chi connectivity index (χ1n) is 4.09. The molecule has 0 aliphatic carbocycles. The molecule has 0 N–H and O–H groups in total. The van der Waals surface area contributed by atoms with E-state index in [1.807, 2.05) is 39.8 Å². The summed E-state index contributed by atoms with van der Waals surface area (Å²) in [5.41, 5.74) is -0.446. The highest BCUT2D eigenvalue weighted by Crippen LogP contribution is 2.24. The Bertz CT molecular complexity index is 164. The van der Waals surface area contributed by atoms with Gasteiger partial charge in [-0.05, 0) is 34.9 Å². The first-order chi connectivity index (χ1) is 5.34. The predicted molar refractivity (Wildman–Crippen MR) is 48.9 cm³/mol. The molecule has 0 amide bonds. The Kier molecular flexibility index (Phi) is 3.71. The van der Waals surface area contributed by atoms with Gasteiger partial charge in [0.05, 0.1) is 12.5 Å². The van der Waals surface area contributed by atoms with Crippen LogP contribution in [0.2, 0.25) is 0 Å². The van der Waals surface area contributed by atoms with E-state index < -0.39 is 5.41 Å². The Morgan fingerprint density at radius 3 is 2.08 bits per heavy atom. The van der Waals surface area contributed by atoms with Gasteiger partial charge in [-0.15, -0.1) is 0 Å². The summed E-state index contributed by atoms with van der Waals surface area (Å²) in [4.78, 5) is 13.3. The molecular weight excluding hydrogens is 154 g/mol. The first-order valence-corrected chi connectivity index (χ1v) is 4.09. The molecule has 3 nitrogen and oxygen atoms in total. The maximum atomic E-state index is 11.3. The van der Waals surface area contributed by atoms with Crippen molar-refractivity contribution in [2.75, 3.05) is 21.2 Å². The lowest BCUT2D eigenvalue weighted by molar-refractivity contribution is -0.153. The third kappa shape index (κ3) is 2.21. The van der Waals surface area contributed by atoms with E-state index in [2.05, 4.69) is 0 Å². The van der Waals surface area contributed by atoms with E-state index in [0.29, 0.717) is 0 Å². The maximum Gasteiger partial charge on any atom is 0.312 e. The summed E-state index contributed by atoms with van der Waals surface area (Å²) in [7, 11) is 5.33. The van der Waals surface area contributed by atoms with Crippen LogP contribution in [0.4, 0.5) is 0 Å². The largest absolute Gasteiger partial charge is 0.469 e. The van der Waals surface area contributed by atoms with E-state index in [0.717, 1.165) is 0 Å². The lowest BCUT2D eigenvalue weighted by Crippen LogP contribution is -2.44. The Hall–Kier alpha value is -0.570. The lowest BCUT2D eigenvalue weighted by atomic mass is 9.85. The van der Waals surface area contributed by atoms with Crippen LogP contribution in [0.5, 0.6) is 0 Å². The van der Waals surface area contributed by atoms with Gasteiger partial charge in [-0.1, -0.05) is 0 Å². The molecule has 0 aromatic heterocycles. The molecule has 3 heteroatoms. The second-order valence-electron chi connectivity index (χ2n) is 3.85. The monoisotopic (exact) mass is 173 g/mol. The van der Waals surface area contributed by atoms with Gasteiger partial charge in [0.1, 0.15) is 0 Å². The van der Waals surface area contributed by atoms with Crippen LogP contribution >= 0.6 is 0 Å². The first kappa shape index (κ1) is 11.4. The summed E-state index contributed by atoms with van der Waals surface area (Å²) in [5.74, 6) is -0.163. The number of carbonyl (C=O) groups is 1. The van der Waals surface area contributed by atoms with Gasteiger partial charge >= 0.3 is 5.97 Å². The average Bonchev–Trinajstić information content (AvgIpc) is 2.01. The van der Waals surface area contributed by atoms with Crippen molar-refractivity contribution in [3.8, 4) is 0 Å². The number of nitrogens with zero attached hydrogens (tertiary/aromatic N) is 1. The molecule has 0 aromatic rings. The van der Waals surface area contributed by atoms with Crippen molar-refractivity contribution in [2.45, 2.75) is 26.8 Å². The van der Waals surface area contributed by atoms with Gasteiger partial charge in [-0.3, -0.25) is 4.79 Å². The van der Waals surface area contributed by atoms with Gasteiger partial charge < -0.3 is 9.64 Å². The smallest absolute Gasteiger partial charge is 0.312 e. The topological polar surface area (TPSA) is 29.5 Å². The normalized spacial score (nSPS) is 14.6. The zero-order valence-corrected chi connectivity index (χ0v) is 8.84. The molecule has 0 saturated carbocycles. The van der Waals surface area contributed by atoms with Crippen LogP contribution < -0.4 is 0 Å². The van der Waals surface area contributed by atoms with Crippen LogP contribution in [-0.2, 0) is 9.53 Å². The number of ether oxygens (including phenoxy) is 1. The number of carbonyl (C=O) groups excluding carboxylic acids is 1. The molecule has 0 spiro atoms. The van der Waals surface area contributed by atoms with Crippen LogP contribution in [0.3, 0.4) is 0 Å². The second kappa shape index (κ2) is 3.90. The molecule has 0 fully saturated rings. The van der Waals surface area contributed by atoms with Gasteiger partial charge in [0.2, 0.25) is 0 Å². The maximum absolute atomic E-state index is 11.3. The molecule has 0 aliphatic rings. The lowest BCUT2D eigenvalue weighted by Gasteiger charge is -2.33. The molecule has 0 rings (SSSR count). The molecular formula is C9H19NO2. The summed E-state index contributed by atoms with van der Waals surface area (Å²) in [6.07, 6.45) is 0. The van der Waals surface area contributed by atoms with Crippen LogP contribution in [0.15, 0.2) is 0 Å². The molecule has 0 heterocycles. The quantitative estimate of drug-likeness (QED) is 0.599. The van der Waals surface area contributed by atoms with Gasteiger partial charge in [0.15, 0.2) is 0 Å². The van der Waals surface area contributed by atoms with E-state index in [-0.39, 0.29) is 12.0 Å². The zero-order chi connectivity index (χ0) is 9.94. The van der Waals surface area contributed by atoms with Crippen molar-refractivity contribution in [1.82, 2.24) is 4.90 Å². The molecule has 0 aromatic carbocycles. The number of methoxy groups -OCH3 is 1. The van der Waals surface area contributed by atoms with E-state index in [1.165, 1.54) is 7.11 Å². The van der Waals surface area contributed by atoms with Gasteiger partial charge in [-0.2, -0.15) is 0 Å². The van der Waals surface area contributed by atoms with Gasteiger partial charge in [0, 0.05) is 6.04 Å². The fourth-order valence-corrected chi connectivity index (χ4v) is 1.08. The van der Waals surface area contributed by atoms with E-state index >= 15 is 0 Å². The number of hydrogen-bond donors (Lipinski definition) is 0. The third-order valence-electron chi connectivity index (χ3n) is 2.53. The molecule has 0 bridgehead atoms. The highest BCUT2D eigenvalue weighted by molar-refractivity contribution is 5.76. The fraction of sp³-hybridized carbons (Fsp3) is 0.889. The standard InChI is InChI=1S/C9H19NO2/c1-7(10(4)5)9(2,3)8(11)12-6/h7H,1-6H3. The average molecular weight is 173 g/mol. The third-order valence-corrected chi connectivity index (χ3v) is 2.53. The van der Waals surface area contributed by atoms with Crippen LogP contribution in [0.1, 0.15) is 20.8 Å². The summed E-state index contributed by atoms with van der Waals surface area (Å²) in [6.45, 7) is 5.80. The molecule has 1 unspecified atom stereocenters. The SMILES string of the molecule is COC(=O)C(C)(C)C(C)N(C)C. The summed E-state index contributed by atoms with van der Waals surface area (Å²) < 4.78 is 4.72. The molecule has 0 radical (unpaired) electrons. The summed E-state index contributed by atoms with van der Waals surface area (Å²) in [6, 6.07) is 0.171. The Labute approximate surface area is 74.7 Å². The van der Waals surface area contributed by atoms with Crippen molar-refractivity contribution in [1.29, 1.82) is 0 Å². The molecule has 0 saturated heterocycles. The number of rotatable bonds is 3. The summed E-state index contributed by atoms with van der Waals surface area (Å²) in [5, 5.41) is 0. The second-order valence-corrected chi connectivity index (χ2v) is 3.85. The molecule has 1 atom stereocenters. The van der Waals surface area contributed by atoms with Crippen LogP contribution in [0.25, 0.3) is 0 Å². The number of hydrogen-bond acceptors (Lipinski definition) is 3. The Morgan fingerprint density at radius 1 is 1.42 bits per heavy atom. The number of esters is 1. The minimum atomic E-state index is -0.446. The summed E-state index contributed by atoms with van der Waals surface area (Å²) >= 11 is 0. The minimum Gasteiger partial charge on any atom is -0.469 e. The minimum absolute atomic E-state index is 0.163. The van der Waals surface area contributed by atoms with Crippen molar-refractivity contribution < 1.29 is 9.53 Å². The Balaban J connectivity index is 4.48. The van der Waals surface area contributed by atoms with Crippen LogP contribution in [0, 0.1) is 5.41 Å². The molecule has 12 heavy (non-hydrogen) atoms. The Morgan fingerprint density at radius 2 is 1.83 bits per heavy atom. The molecule has 0 aliphatic heterocycles. The highest BCUT2D eigenvalue weighted by atomic mass is 16.5. The van der Waals surface area contributed by atoms with Gasteiger partial charge in [-0.25, -0.2) is 0 Å².